The highest BCUT2D eigenvalue weighted by Crippen LogP contribution is 2.28. The number of amides is 2. The van der Waals surface area contributed by atoms with Crippen LogP contribution >= 0.6 is 0 Å². The molecule has 7 nitrogen and oxygen atoms in total. The lowest BCUT2D eigenvalue weighted by atomic mass is 10.1. The third kappa shape index (κ3) is 7.30. The van der Waals surface area contributed by atoms with Crippen molar-refractivity contribution in [1.82, 2.24) is 10.2 Å². The Labute approximate surface area is 239 Å². The number of hydrogen-bond acceptors (Lipinski definition) is 4. The van der Waals surface area contributed by atoms with Crippen LogP contribution in [0.4, 0.5) is 5.69 Å². The Balaban J connectivity index is 2.07. The van der Waals surface area contributed by atoms with Gasteiger partial charge in [-0.05, 0) is 75.4 Å². The number of hydrogen-bond donors (Lipinski definition) is 1. The normalized spacial score (nSPS) is 12.8. The van der Waals surface area contributed by atoms with Crippen LogP contribution in [0.25, 0.3) is 0 Å². The molecule has 3 aromatic carbocycles. The van der Waals surface area contributed by atoms with E-state index in [0.717, 1.165) is 28.7 Å². The van der Waals surface area contributed by atoms with Gasteiger partial charge >= 0.3 is 0 Å². The summed E-state index contributed by atoms with van der Waals surface area (Å²) in [6, 6.07) is 20.6. The summed E-state index contributed by atoms with van der Waals surface area (Å²) in [5.41, 5.74) is 4.06. The lowest BCUT2D eigenvalue weighted by Gasteiger charge is -2.33. The molecule has 1 N–H and O–H groups in total. The molecule has 0 unspecified atom stereocenters. The molecule has 0 fully saturated rings. The van der Waals surface area contributed by atoms with E-state index in [0.29, 0.717) is 12.1 Å². The summed E-state index contributed by atoms with van der Waals surface area (Å²) in [5.74, 6) is -0.741. The van der Waals surface area contributed by atoms with Gasteiger partial charge in [-0.25, -0.2) is 8.42 Å². The van der Waals surface area contributed by atoms with Gasteiger partial charge in [0, 0.05) is 12.6 Å². The van der Waals surface area contributed by atoms with Crippen molar-refractivity contribution in [3.8, 4) is 0 Å². The molecule has 0 saturated carbocycles. The van der Waals surface area contributed by atoms with Crippen LogP contribution < -0.4 is 9.62 Å². The zero-order valence-electron chi connectivity index (χ0n) is 24.3. The van der Waals surface area contributed by atoms with Gasteiger partial charge in [0.1, 0.15) is 12.6 Å². The molecule has 0 aromatic heterocycles. The summed E-state index contributed by atoms with van der Waals surface area (Å²) < 4.78 is 29.3. The van der Waals surface area contributed by atoms with E-state index >= 15 is 0 Å². The maximum Gasteiger partial charge on any atom is 0.264 e. The van der Waals surface area contributed by atoms with E-state index in [2.05, 4.69) is 5.32 Å². The number of para-hydroxylation sites is 1. The predicted octanol–water partition coefficient (Wildman–Crippen LogP) is 5.39. The number of carbonyl (C=O) groups excluding carboxylic acids is 2. The summed E-state index contributed by atoms with van der Waals surface area (Å²) >= 11 is 0. The number of benzene rings is 3. The second-order valence-electron chi connectivity index (χ2n) is 10.2. The maximum atomic E-state index is 14.1. The Hall–Kier alpha value is -3.65. The van der Waals surface area contributed by atoms with Crippen molar-refractivity contribution in [1.29, 1.82) is 0 Å². The van der Waals surface area contributed by atoms with Gasteiger partial charge in [-0.3, -0.25) is 13.9 Å². The van der Waals surface area contributed by atoms with Crippen molar-refractivity contribution >= 4 is 27.5 Å². The average Bonchev–Trinajstić information content (AvgIpc) is 2.95. The molecule has 0 aliphatic carbocycles. The fourth-order valence-corrected chi connectivity index (χ4v) is 5.88. The second-order valence-corrected chi connectivity index (χ2v) is 12.1. The van der Waals surface area contributed by atoms with Crippen LogP contribution in [0.2, 0.25) is 0 Å². The van der Waals surface area contributed by atoms with Gasteiger partial charge in [0.15, 0.2) is 0 Å². The molecule has 0 bridgehead atoms. The molecule has 3 aromatic rings. The van der Waals surface area contributed by atoms with Crippen LogP contribution in [0.1, 0.15) is 56.4 Å². The summed E-state index contributed by atoms with van der Waals surface area (Å²) in [4.78, 5) is 28.9. The molecule has 214 valence electrons. The highest BCUT2D eigenvalue weighted by atomic mass is 32.2. The number of nitrogens with one attached hydrogen (secondary N) is 1. The molecule has 0 spiro atoms. The minimum atomic E-state index is -4.10. The maximum absolute atomic E-state index is 14.1. The number of carbonyl (C=O) groups is 2. The first kappa shape index (κ1) is 30.9. The van der Waals surface area contributed by atoms with Gasteiger partial charge in [-0.15, -0.1) is 0 Å². The van der Waals surface area contributed by atoms with E-state index in [4.69, 9.17) is 0 Å². The molecule has 0 radical (unpaired) electrons. The van der Waals surface area contributed by atoms with Gasteiger partial charge < -0.3 is 10.2 Å². The molecular formula is C32H41N3O4S. The Morgan fingerprint density at radius 1 is 0.850 bits per heavy atom. The number of rotatable bonds is 12. The smallest absolute Gasteiger partial charge is 0.264 e. The van der Waals surface area contributed by atoms with Crippen LogP contribution in [0, 0.1) is 13.8 Å². The zero-order valence-corrected chi connectivity index (χ0v) is 25.2. The number of aryl methyl sites for hydroxylation is 3. The minimum absolute atomic E-state index is 0.0554. The lowest BCUT2D eigenvalue weighted by Crippen LogP contribution is -2.52. The third-order valence-corrected chi connectivity index (χ3v) is 9.07. The van der Waals surface area contributed by atoms with Crippen LogP contribution in [-0.2, 0) is 32.6 Å². The van der Waals surface area contributed by atoms with Gasteiger partial charge in [0.25, 0.3) is 10.0 Å². The molecule has 0 aliphatic heterocycles. The first-order valence-electron chi connectivity index (χ1n) is 13.8. The summed E-state index contributed by atoms with van der Waals surface area (Å²) in [6.07, 6.45) is 1.34. The third-order valence-electron chi connectivity index (χ3n) is 7.30. The molecule has 8 heteroatoms. The topological polar surface area (TPSA) is 86.8 Å². The first-order valence-corrected chi connectivity index (χ1v) is 15.2. The monoisotopic (exact) mass is 563 g/mol. The highest BCUT2D eigenvalue weighted by molar-refractivity contribution is 7.92. The Kier molecular flexibility index (Phi) is 10.5. The summed E-state index contributed by atoms with van der Waals surface area (Å²) in [6.45, 7) is 11.1. The number of sulfonamides is 1. The van der Waals surface area contributed by atoms with E-state index in [1.165, 1.54) is 9.21 Å². The predicted molar refractivity (Wildman–Crippen MR) is 161 cm³/mol. The van der Waals surface area contributed by atoms with Crippen LogP contribution in [0.5, 0.6) is 0 Å². The molecule has 3 rings (SSSR count). The van der Waals surface area contributed by atoms with Gasteiger partial charge in [-0.2, -0.15) is 0 Å². The largest absolute Gasteiger partial charge is 0.352 e. The second kappa shape index (κ2) is 13.6. The average molecular weight is 564 g/mol. The fraction of sp³-hybridized carbons (Fsp3) is 0.375. The number of nitrogens with zero attached hydrogens (tertiary/aromatic N) is 2. The van der Waals surface area contributed by atoms with Crippen molar-refractivity contribution in [2.45, 2.75) is 77.9 Å². The molecule has 40 heavy (non-hydrogen) atoms. The Bertz CT molecular complexity index is 1420. The van der Waals surface area contributed by atoms with Gasteiger partial charge in [0.05, 0.1) is 10.6 Å². The SMILES string of the molecule is CCc1ccccc1N(CC(=O)N(Cc1ccccc1C)[C@@H](C)C(=O)N[C@@H](C)CC)S(=O)(=O)c1ccc(C)cc1. The van der Waals surface area contributed by atoms with Crippen molar-refractivity contribution < 1.29 is 18.0 Å². The van der Waals surface area contributed by atoms with Gasteiger partial charge in [-0.1, -0.05) is 74.0 Å². The van der Waals surface area contributed by atoms with Crippen LogP contribution in [-0.4, -0.2) is 43.8 Å². The molecule has 0 heterocycles. The van der Waals surface area contributed by atoms with E-state index in [1.54, 1.807) is 43.3 Å². The molecule has 0 saturated heterocycles. The lowest BCUT2D eigenvalue weighted by molar-refractivity contribution is -0.139. The molecule has 2 atom stereocenters. The number of anilines is 1. The van der Waals surface area contributed by atoms with E-state index in [9.17, 15) is 18.0 Å². The van der Waals surface area contributed by atoms with E-state index < -0.39 is 28.5 Å². The molecule has 0 aliphatic rings. The summed E-state index contributed by atoms with van der Waals surface area (Å²) in [5, 5.41) is 2.97. The van der Waals surface area contributed by atoms with Crippen molar-refractivity contribution in [2.75, 3.05) is 10.8 Å². The highest BCUT2D eigenvalue weighted by Gasteiger charge is 2.33. The quantitative estimate of drug-likeness (QED) is 0.320. The minimum Gasteiger partial charge on any atom is -0.352 e. The standard InChI is InChI=1S/C32H41N3O4S/c1-7-25(5)33-32(37)26(6)34(21-28-15-10-9-13-24(28)4)31(36)22-35(30-16-12-11-14-27(30)8-2)40(38,39)29-19-17-23(3)18-20-29/h9-20,25-26H,7-8,21-22H2,1-6H3,(H,33,37)/t25-,26-/m0/s1. The zero-order chi connectivity index (χ0) is 29.4. The summed E-state index contributed by atoms with van der Waals surface area (Å²) in [7, 11) is -4.10. The van der Waals surface area contributed by atoms with Crippen LogP contribution in [0.3, 0.4) is 0 Å². The Morgan fingerprint density at radius 3 is 2.05 bits per heavy atom. The molecule has 2 amide bonds. The first-order chi connectivity index (χ1) is 19.0. The van der Waals surface area contributed by atoms with E-state index in [-0.39, 0.29) is 23.4 Å². The van der Waals surface area contributed by atoms with Crippen molar-refractivity contribution in [2.24, 2.45) is 0 Å². The van der Waals surface area contributed by atoms with E-state index in [1.807, 2.05) is 71.0 Å². The fourth-order valence-electron chi connectivity index (χ4n) is 4.42. The van der Waals surface area contributed by atoms with Crippen molar-refractivity contribution in [3.63, 3.8) is 0 Å². The molecular weight excluding hydrogens is 522 g/mol. The van der Waals surface area contributed by atoms with Crippen molar-refractivity contribution in [3.05, 3.63) is 95.1 Å². The Morgan fingerprint density at radius 2 is 1.45 bits per heavy atom. The van der Waals surface area contributed by atoms with Crippen LogP contribution in [0.15, 0.2) is 77.7 Å². The van der Waals surface area contributed by atoms with Gasteiger partial charge in [0.2, 0.25) is 11.8 Å².